The van der Waals surface area contributed by atoms with Gasteiger partial charge in [-0.05, 0) is 54.7 Å². The lowest BCUT2D eigenvalue weighted by molar-refractivity contribution is -0.144. The maximum absolute atomic E-state index is 12.5. The highest BCUT2D eigenvalue weighted by atomic mass is 16.7. The van der Waals surface area contributed by atoms with E-state index in [-0.39, 0.29) is 24.4 Å². The van der Waals surface area contributed by atoms with Gasteiger partial charge in [0.1, 0.15) is 0 Å². The third-order valence-corrected chi connectivity index (χ3v) is 5.67. The summed E-state index contributed by atoms with van der Waals surface area (Å²) in [5, 5.41) is 18.0. The largest absolute Gasteiger partial charge is 0.390 e. The lowest BCUT2D eigenvalue weighted by Gasteiger charge is -2.30. The second kappa shape index (κ2) is 9.38. The molecule has 0 spiro atoms. The van der Waals surface area contributed by atoms with Crippen molar-refractivity contribution in [3.05, 3.63) is 70.8 Å². The molecule has 0 aliphatic carbocycles. The summed E-state index contributed by atoms with van der Waals surface area (Å²) in [4.78, 5) is 30.3. The van der Waals surface area contributed by atoms with Gasteiger partial charge >= 0.3 is 0 Å². The molecule has 2 aromatic carbocycles. The summed E-state index contributed by atoms with van der Waals surface area (Å²) in [6, 6.07) is 14.6. The van der Waals surface area contributed by atoms with Gasteiger partial charge < -0.3 is 15.7 Å². The molecule has 2 aliphatic heterocycles. The van der Waals surface area contributed by atoms with E-state index in [4.69, 9.17) is 4.84 Å². The lowest BCUT2D eigenvalue weighted by Crippen LogP contribution is -2.49. The Kier molecular flexibility index (Phi) is 6.42. The van der Waals surface area contributed by atoms with Gasteiger partial charge in [0.25, 0.3) is 11.8 Å². The van der Waals surface area contributed by atoms with Gasteiger partial charge in [0.2, 0.25) is 0 Å². The van der Waals surface area contributed by atoms with E-state index in [0.717, 1.165) is 19.3 Å². The van der Waals surface area contributed by atoms with Crippen molar-refractivity contribution >= 4 is 11.8 Å². The molecule has 0 radical (unpaired) electrons. The minimum absolute atomic E-state index is 0.107. The Morgan fingerprint density at radius 1 is 1.10 bits per heavy atom. The van der Waals surface area contributed by atoms with Gasteiger partial charge in [-0.1, -0.05) is 24.3 Å². The number of fused-ring (bicyclic) bond motifs is 1. The zero-order valence-corrected chi connectivity index (χ0v) is 16.8. The van der Waals surface area contributed by atoms with Crippen molar-refractivity contribution in [1.82, 2.24) is 15.7 Å². The van der Waals surface area contributed by atoms with Crippen molar-refractivity contribution in [2.75, 3.05) is 19.7 Å². The summed E-state index contributed by atoms with van der Waals surface area (Å²) in [6.45, 7) is 2.00. The van der Waals surface area contributed by atoms with E-state index in [2.05, 4.69) is 22.8 Å². The molecule has 2 aliphatic rings. The van der Waals surface area contributed by atoms with Crippen LogP contribution < -0.4 is 10.6 Å². The van der Waals surface area contributed by atoms with Crippen LogP contribution in [0.3, 0.4) is 0 Å². The number of aliphatic hydroxyl groups is 1. The normalized spacial score (nSPS) is 19.6. The number of hydroxylamine groups is 2. The summed E-state index contributed by atoms with van der Waals surface area (Å²) in [6.07, 6.45) is 1.91. The molecule has 0 aromatic heterocycles. The quantitative estimate of drug-likeness (QED) is 0.699. The van der Waals surface area contributed by atoms with E-state index in [1.165, 1.54) is 16.2 Å². The first-order valence-corrected chi connectivity index (χ1v) is 10.4. The number of nitrogens with zero attached hydrogens (tertiary/aromatic N) is 1. The highest BCUT2D eigenvalue weighted by Crippen LogP contribution is 2.18. The van der Waals surface area contributed by atoms with Crippen LogP contribution >= 0.6 is 0 Å². The van der Waals surface area contributed by atoms with Gasteiger partial charge in [-0.25, -0.2) is 5.06 Å². The molecule has 1 saturated heterocycles. The van der Waals surface area contributed by atoms with Crippen LogP contribution in [0.1, 0.15) is 44.7 Å². The molecule has 30 heavy (non-hydrogen) atoms. The zero-order valence-electron chi connectivity index (χ0n) is 16.8. The smallest absolute Gasteiger partial charge is 0.277 e. The van der Waals surface area contributed by atoms with Gasteiger partial charge in [-0.15, -0.1) is 0 Å². The Labute approximate surface area is 176 Å². The van der Waals surface area contributed by atoms with Crippen molar-refractivity contribution in [3.8, 4) is 0 Å². The average Bonchev–Trinajstić information content (AvgIpc) is 2.82. The van der Waals surface area contributed by atoms with Crippen LogP contribution in [0.2, 0.25) is 0 Å². The number of hydrogen-bond acceptors (Lipinski definition) is 5. The number of benzene rings is 2. The molecule has 2 heterocycles. The number of nitrogens with one attached hydrogen (secondary N) is 2. The van der Waals surface area contributed by atoms with Crippen molar-refractivity contribution in [2.45, 2.75) is 38.0 Å². The second-order valence-electron chi connectivity index (χ2n) is 7.76. The first-order chi connectivity index (χ1) is 14.6. The summed E-state index contributed by atoms with van der Waals surface area (Å²) in [5.41, 5.74) is 3.40. The highest BCUT2D eigenvalue weighted by Gasteiger charge is 2.25. The number of carbonyl (C=O) groups excluding carboxylic acids is 2. The number of carbonyl (C=O) groups is 2. The SMILES string of the molecule is O=C(NC[C@@H](O)[C@@H]1Cc2ccccc2CN1)c1ccc(C(=O)N2CCCCO2)cc1. The van der Waals surface area contributed by atoms with Crippen LogP contribution in [0.15, 0.2) is 48.5 Å². The van der Waals surface area contributed by atoms with Gasteiger partial charge in [0.05, 0.1) is 12.7 Å². The molecule has 2 aromatic rings. The summed E-state index contributed by atoms with van der Waals surface area (Å²) in [7, 11) is 0. The minimum Gasteiger partial charge on any atom is -0.390 e. The minimum atomic E-state index is -0.695. The Balaban J connectivity index is 1.29. The van der Waals surface area contributed by atoms with Gasteiger partial charge in [-0.2, -0.15) is 0 Å². The molecule has 7 heteroatoms. The monoisotopic (exact) mass is 409 g/mol. The fraction of sp³-hybridized carbons (Fsp3) is 0.391. The van der Waals surface area contributed by atoms with Crippen LogP contribution in [0.25, 0.3) is 0 Å². The van der Waals surface area contributed by atoms with Crippen LogP contribution in [-0.2, 0) is 17.8 Å². The molecule has 1 fully saturated rings. The molecule has 0 bridgehead atoms. The van der Waals surface area contributed by atoms with E-state index in [1.807, 2.05) is 12.1 Å². The maximum Gasteiger partial charge on any atom is 0.277 e. The second-order valence-corrected chi connectivity index (χ2v) is 7.76. The summed E-state index contributed by atoms with van der Waals surface area (Å²) < 4.78 is 0. The van der Waals surface area contributed by atoms with Gasteiger partial charge in [0, 0.05) is 36.8 Å². The van der Waals surface area contributed by atoms with Crippen LogP contribution in [0.4, 0.5) is 0 Å². The van der Waals surface area contributed by atoms with E-state index in [0.29, 0.717) is 30.8 Å². The molecular weight excluding hydrogens is 382 g/mol. The first kappa shape index (κ1) is 20.5. The predicted octanol–water partition coefficient (Wildman–Crippen LogP) is 1.66. The van der Waals surface area contributed by atoms with Crippen molar-refractivity contribution in [2.24, 2.45) is 0 Å². The van der Waals surface area contributed by atoms with Crippen LogP contribution in [-0.4, -0.2) is 53.8 Å². The molecule has 3 N–H and O–H groups in total. The highest BCUT2D eigenvalue weighted by molar-refractivity contribution is 5.97. The van der Waals surface area contributed by atoms with Gasteiger partial charge in [0.15, 0.2) is 0 Å². The Morgan fingerprint density at radius 3 is 2.57 bits per heavy atom. The first-order valence-electron chi connectivity index (χ1n) is 10.4. The molecule has 4 rings (SSSR count). The van der Waals surface area contributed by atoms with Crippen LogP contribution in [0.5, 0.6) is 0 Å². The van der Waals surface area contributed by atoms with E-state index in [9.17, 15) is 14.7 Å². The molecule has 2 atom stereocenters. The van der Waals surface area contributed by atoms with E-state index >= 15 is 0 Å². The topological polar surface area (TPSA) is 90.9 Å². The Bertz CT molecular complexity index is 894. The number of hydrogen-bond donors (Lipinski definition) is 3. The fourth-order valence-electron chi connectivity index (χ4n) is 3.86. The molecular formula is C23H27N3O4. The third-order valence-electron chi connectivity index (χ3n) is 5.67. The average molecular weight is 409 g/mol. The number of rotatable bonds is 5. The maximum atomic E-state index is 12.5. The van der Waals surface area contributed by atoms with E-state index < -0.39 is 6.10 Å². The number of amides is 2. The summed E-state index contributed by atoms with van der Waals surface area (Å²) in [5.74, 6) is -0.473. The molecule has 158 valence electrons. The Morgan fingerprint density at radius 2 is 1.83 bits per heavy atom. The Hall–Kier alpha value is -2.74. The standard InChI is InChI=1S/C23H27N3O4/c27-21(20-13-18-5-1-2-6-19(18)14-24-20)15-25-22(28)16-7-9-17(10-8-16)23(29)26-11-3-4-12-30-26/h1-2,5-10,20-21,24,27H,3-4,11-15H2,(H,25,28)/t20-,21+/m0/s1. The molecule has 0 unspecified atom stereocenters. The van der Waals surface area contributed by atoms with Crippen molar-refractivity contribution in [3.63, 3.8) is 0 Å². The zero-order chi connectivity index (χ0) is 20.9. The van der Waals surface area contributed by atoms with Gasteiger partial charge in [-0.3, -0.25) is 14.4 Å². The molecule has 7 nitrogen and oxygen atoms in total. The van der Waals surface area contributed by atoms with Crippen LogP contribution in [0, 0.1) is 0 Å². The number of aliphatic hydroxyl groups excluding tert-OH is 1. The van der Waals surface area contributed by atoms with Crippen molar-refractivity contribution in [1.29, 1.82) is 0 Å². The lowest BCUT2D eigenvalue weighted by atomic mass is 9.93. The predicted molar refractivity (Wildman–Crippen MR) is 112 cm³/mol. The fourth-order valence-corrected chi connectivity index (χ4v) is 3.86. The third kappa shape index (κ3) is 4.70. The molecule has 0 saturated carbocycles. The molecule has 2 amide bonds. The van der Waals surface area contributed by atoms with Crippen molar-refractivity contribution < 1.29 is 19.5 Å². The van der Waals surface area contributed by atoms with E-state index in [1.54, 1.807) is 24.3 Å². The summed E-state index contributed by atoms with van der Waals surface area (Å²) >= 11 is 0.